The van der Waals surface area contributed by atoms with Crippen molar-refractivity contribution in [2.75, 3.05) is 27.2 Å². The van der Waals surface area contributed by atoms with E-state index in [0.717, 1.165) is 11.3 Å². The molecule has 2 aromatic rings. The van der Waals surface area contributed by atoms with Gasteiger partial charge in [-0.25, -0.2) is 4.99 Å². The highest BCUT2D eigenvalue weighted by atomic mass is 19.3. The van der Waals surface area contributed by atoms with Crippen LogP contribution in [0.4, 0.5) is 8.78 Å². The second-order valence-corrected chi connectivity index (χ2v) is 6.55. The molecule has 0 saturated heterocycles. The molecule has 2 rings (SSSR count). The minimum atomic E-state index is -2.91. The second-order valence-electron chi connectivity index (χ2n) is 6.55. The molecule has 0 spiro atoms. The summed E-state index contributed by atoms with van der Waals surface area (Å²) in [5, 5.41) is 6.07. The number of carbonyl (C=O) groups excluding carboxylic acids is 1. The number of alkyl halides is 2. The summed E-state index contributed by atoms with van der Waals surface area (Å²) in [6.45, 7) is -0.384. The van der Waals surface area contributed by atoms with E-state index in [9.17, 15) is 13.6 Å². The zero-order chi connectivity index (χ0) is 21.2. The van der Waals surface area contributed by atoms with Crippen LogP contribution in [0.5, 0.6) is 5.75 Å². The first kappa shape index (κ1) is 22.2. The van der Waals surface area contributed by atoms with Crippen molar-refractivity contribution < 1.29 is 22.7 Å². The summed E-state index contributed by atoms with van der Waals surface area (Å²) in [7, 11) is 3.32. The minimum Gasteiger partial charge on any atom is -0.469 e. The molecule has 0 bridgehead atoms. The number of likely N-dealkylation sites (N-methyl/N-ethyl adjacent to an activating group) is 1. The Bertz CT molecular complexity index is 808. The number of aliphatic imine (C=N–C) groups is 1. The number of benzene rings is 1. The maximum atomic E-state index is 12.7. The second kappa shape index (κ2) is 11.0. The maximum absolute atomic E-state index is 12.7. The van der Waals surface area contributed by atoms with Crippen molar-refractivity contribution in [2.24, 2.45) is 4.99 Å². The largest absolute Gasteiger partial charge is 0.469 e. The molecular weight excluding hydrogens is 382 g/mol. The van der Waals surface area contributed by atoms with Crippen LogP contribution in [0, 0.1) is 6.92 Å². The third-order valence-electron chi connectivity index (χ3n) is 3.99. The van der Waals surface area contributed by atoms with E-state index in [1.165, 1.54) is 11.0 Å². The first-order chi connectivity index (χ1) is 13.8. The summed E-state index contributed by atoms with van der Waals surface area (Å²) >= 11 is 0. The van der Waals surface area contributed by atoms with Crippen molar-refractivity contribution in [2.45, 2.75) is 26.5 Å². The number of furan rings is 1. The average molecular weight is 408 g/mol. The number of nitrogens with one attached hydrogen (secondary N) is 2. The highest BCUT2D eigenvalue weighted by Gasteiger charge is 2.11. The fraction of sp³-hybridized carbons (Fsp3) is 0.400. The third-order valence-corrected chi connectivity index (χ3v) is 3.99. The lowest BCUT2D eigenvalue weighted by Crippen LogP contribution is -2.43. The van der Waals surface area contributed by atoms with E-state index in [1.807, 2.05) is 13.0 Å². The van der Waals surface area contributed by atoms with E-state index in [-0.39, 0.29) is 24.7 Å². The predicted molar refractivity (Wildman–Crippen MR) is 106 cm³/mol. The monoisotopic (exact) mass is 408 g/mol. The fourth-order valence-electron chi connectivity index (χ4n) is 2.46. The molecule has 0 saturated carbocycles. The fourth-order valence-corrected chi connectivity index (χ4v) is 2.46. The standard InChI is InChI=1S/C20H26F2N4O3/c1-14-6-7-17(29-19(21)22)15(11-14)12-24-20(25-13-18(27)26(2)3)23-9-8-16-5-4-10-28-16/h4-7,10-11,19H,8-9,12-13H2,1-3H3,(H2,23,24,25). The molecule has 0 atom stereocenters. The van der Waals surface area contributed by atoms with Gasteiger partial charge in [0.2, 0.25) is 5.91 Å². The lowest BCUT2D eigenvalue weighted by molar-refractivity contribution is -0.127. The van der Waals surface area contributed by atoms with E-state index >= 15 is 0 Å². The normalized spacial score (nSPS) is 11.4. The summed E-state index contributed by atoms with van der Waals surface area (Å²) in [6.07, 6.45) is 2.22. The van der Waals surface area contributed by atoms with Crippen LogP contribution in [0.25, 0.3) is 0 Å². The Labute approximate surface area is 168 Å². The number of amides is 1. The number of hydrogen-bond acceptors (Lipinski definition) is 4. The van der Waals surface area contributed by atoms with Crippen LogP contribution >= 0.6 is 0 Å². The predicted octanol–water partition coefficient (Wildman–Crippen LogP) is 2.56. The molecule has 1 heterocycles. The van der Waals surface area contributed by atoms with Gasteiger partial charge in [-0.1, -0.05) is 17.7 Å². The van der Waals surface area contributed by atoms with Crippen molar-refractivity contribution in [3.63, 3.8) is 0 Å². The Kier molecular flexibility index (Phi) is 8.45. The number of hydrogen-bond donors (Lipinski definition) is 2. The molecule has 9 heteroatoms. The van der Waals surface area contributed by atoms with Crippen molar-refractivity contribution >= 4 is 11.9 Å². The molecule has 0 aliphatic heterocycles. The van der Waals surface area contributed by atoms with Crippen LogP contribution in [-0.4, -0.2) is 50.6 Å². The molecule has 0 unspecified atom stereocenters. The van der Waals surface area contributed by atoms with Gasteiger partial charge in [0.05, 0.1) is 19.4 Å². The van der Waals surface area contributed by atoms with Gasteiger partial charge in [-0.3, -0.25) is 4.79 Å². The minimum absolute atomic E-state index is 0.0494. The van der Waals surface area contributed by atoms with Crippen molar-refractivity contribution in [3.8, 4) is 5.75 Å². The van der Waals surface area contributed by atoms with E-state index in [0.29, 0.717) is 24.5 Å². The van der Waals surface area contributed by atoms with Crippen LogP contribution in [0.3, 0.4) is 0 Å². The summed E-state index contributed by atoms with van der Waals surface area (Å²) in [5.41, 5.74) is 1.43. The number of carbonyl (C=O) groups is 1. The molecule has 0 radical (unpaired) electrons. The Balaban J connectivity index is 2.08. The molecule has 0 aliphatic carbocycles. The SMILES string of the molecule is Cc1ccc(OC(F)F)c(CN=C(NCCc2ccco2)NCC(=O)N(C)C)c1. The molecule has 7 nitrogen and oxygen atoms in total. The Morgan fingerprint density at radius 3 is 2.72 bits per heavy atom. The molecule has 0 fully saturated rings. The topological polar surface area (TPSA) is 79.1 Å². The lowest BCUT2D eigenvalue weighted by Gasteiger charge is -2.15. The number of ether oxygens (including phenoxy) is 1. The summed E-state index contributed by atoms with van der Waals surface area (Å²) in [4.78, 5) is 17.7. The van der Waals surface area contributed by atoms with Gasteiger partial charge in [0.1, 0.15) is 11.5 Å². The van der Waals surface area contributed by atoms with Gasteiger partial charge in [0, 0.05) is 32.6 Å². The molecule has 1 aromatic heterocycles. The molecule has 2 N–H and O–H groups in total. The van der Waals surface area contributed by atoms with Gasteiger partial charge in [-0.05, 0) is 25.1 Å². The van der Waals surface area contributed by atoms with Crippen LogP contribution in [0.2, 0.25) is 0 Å². The average Bonchev–Trinajstić information content (AvgIpc) is 3.18. The van der Waals surface area contributed by atoms with Crippen LogP contribution in [0.15, 0.2) is 46.0 Å². The van der Waals surface area contributed by atoms with Crippen molar-refractivity contribution in [1.82, 2.24) is 15.5 Å². The first-order valence-corrected chi connectivity index (χ1v) is 9.14. The number of rotatable bonds is 9. The number of halogens is 2. The van der Waals surface area contributed by atoms with Crippen LogP contribution in [0.1, 0.15) is 16.9 Å². The summed E-state index contributed by atoms with van der Waals surface area (Å²) in [5.74, 6) is 1.15. The molecule has 29 heavy (non-hydrogen) atoms. The Morgan fingerprint density at radius 2 is 2.07 bits per heavy atom. The molecular formula is C20H26F2N4O3. The van der Waals surface area contributed by atoms with E-state index in [1.54, 1.807) is 38.6 Å². The van der Waals surface area contributed by atoms with Crippen molar-refractivity contribution in [3.05, 3.63) is 53.5 Å². The summed E-state index contributed by atoms with van der Waals surface area (Å²) < 4.78 is 35.2. The van der Waals surface area contributed by atoms with Crippen LogP contribution in [-0.2, 0) is 17.8 Å². The molecule has 1 amide bonds. The first-order valence-electron chi connectivity index (χ1n) is 9.14. The van der Waals surface area contributed by atoms with Gasteiger partial charge in [-0.15, -0.1) is 0 Å². The van der Waals surface area contributed by atoms with E-state index in [4.69, 9.17) is 4.42 Å². The zero-order valence-electron chi connectivity index (χ0n) is 16.7. The number of guanidine groups is 1. The Morgan fingerprint density at radius 1 is 1.28 bits per heavy atom. The van der Waals surface area contributed by atoms with Gasteiger partial charge >= 0.3 is 6.61 Å². The van der Waals surface area contributed by atoms with Gasteiger partial charge in [0.15, 0.2) is 5.96 Å². The lowest BCUT2D eigenvalue weighted by atomic mass is 10.1. The summed E-state index contributed by atoms with van der Waals surface area (Å²) in [6, 6.07) is 8.61. The maximum Gasteiger partial charge on any atom is 0.387 e. The smallest absolute Gasteiger partial charge is 0.387 e. The third kappa shape index (κ3) is 7.81. The van der Waals surface area contributed by atoms with Crippen LogP contribution < -0.4 is 15.4 Å². The quantitative estimate of drug-likeness (QED) is 0.493. The van der Waals surface area contributed by atoms with Gasteiger partial charge in [0.25, 0.3) is 0 Å². The zero-order valence-corrected chi connectivity index (χ0v) is 16.7. The molecule has 1 aromatic carbocycles. The van der Waals surface area contributed by atoms with Crippen molar-refractivity contribution in [1.29, 1.82) is 0 Å². The molecule has 0 aliphatic rings. The van der Waals surface area contributed by atoms with E-state index in [2.05, 4.69) is 20.4 Å². The van der Waals surface area contributed by atoms with Gasteiger partial charge < -0.3 is 24.7 Å². The van der Waals surface area contributed by atoms with E-state index < -0.39 is 6.61 Å². The van der Waals surface area contributed by atoms with Gasteiger partial charge in [-0.2, -0.15) is 8.78 Å². The highest BCUT2D eigenvalue weighted by Crippen LogP contribution is 2.22. The molecule has 158 valence electrons. The number of nitrogens with zero attached hydrogens (tertiary/aromatic N) is 2. The Hall–Kier alpha value is -3.10. The number of aryl methyl sites for hydroxylation is 1. The highest BCUT2D eigenvalue weighted by molar-refractivity contribution is 5.86.